The first kappa shape index (κ1) is 25.2. The predicted octanol–water partition coefficient (Wildman–Crippen LogP) is 1.84. The van der Waals surface area contributed by atoms with E-state index in [0.29, 0.717) is 19.6 Å². The fourth-order valence-electron chi connectivity index (χ4n) is 2.73. The number of hydrogen-bond acceptors (Lipinski definition) is 5. The highest BCUT2D eigenvalue weighted by Crippen LogP contribution is 2.21. The standard InChI is InChI=1S/C21H27FN4O5S/c1-25(2)32(29,30)26(17-11-9-16(22)10-12-17)15-20(27)24-19-8-5-4-7-18(19)21(28)23-13-6-14-31-3/h4-5,7-12H,6,13-15H2,1-3H3,(H,23,28)(H,24,27). The molecule has 0 saturated heterocycles. The van der Waals surface area contributed by atoms with E-state index in [-0.39, 0.29) is 22.8 Å². The lowest BCUT2D eigenvalue weighted by Crippen LogP contribution is -2.44. The van der Waals surface area contributed by atoms with Gasteiger partial charge in [0.1, 0.15) is 12.4 Å². The highest BCUT2D eigenvalue weighted by atomic mass is 32.2. The third-order valence-electron chi connectivity index (χ3n) is 4.40. The molecule has 0 radical (unpaired) electrons. The molecule has 9 nitrogen and oxygen atoms in total. The summed E-state index contributed by atoms with van der Waals surface area (Å²) in [7, 11) is 0.177. The number of anilines is 2. The normalized spacial score (nSPS) is 11.3. The number of ether oxygens (including phenoxy) is 1. The maximum absolute atomic E-state index is 13.3. The fourth-order valence-corrected chi connectivity index (χ4v) is 3.80. The van der Waals surface area contributed by atoms with Gasteiger partial charge in [-0.3, -0.25) is 9.59 Å². The lowest BCUT2D eigenvalue weighted by atomic mass is 10.1. The maximum Gasteiger partial charge on any atom is 0.304 e. The second-order valence-electron chi connectivity index (χ2n) is 6.97. The van der Waals surface area contributed by atoms with Gasteiger partial charge in [0.2, 0.25) is 5.91 Å². The first-order chi connectivity index (χ1) is 15.2. The van der Waals surface area contributed by atoms with E-state index < -0.39 is 28.5 Å². The van der Waals surface area contributed by atoms with Gasteiger partial charge in [0, 0.05) is 34.4 Å². The molecule has 2 aromatic carbocycles. The van der Waals surface area contributed by atoms with Crippen LogP contribution in [0.2, 0.25) is 0 Å². The number of amides is 2. The zero-order valence-corrected chi connectivity index (χ0v) is 19.0. The van der Waals surface area contributed by atoms with Crippen molar-refractivity contribution in [1.82, 2.24) is 9.62 Å². The van der Waals surface area contributed by atoms with E-state index in [1.54, 1.807) is 31.4 Å². The van der Waals surface area contributed by atoms with E-state index in [2.05, 4.69) is 10.6 Å². The largest absolute Gasteiger partial charge is 0.385 e. The van der Waals surface area contributed by atoms with Crippen LogP contribution in [0.25, 0.3) is 0 Å². The number of carbonyl (C=O) groups is 2. The Balaban J connectivity index is 2.20. The monoisotopic (exact) mass is 466 g/mol. The second-order valence-corrected chi connectivity index (χ2v) is 9.04. The minimum absolute atomic E-state index is 0.124. The third kappa shape index (κ3) is 6.74. The average Bonchev–Trinajstić information content (AvgIpc) is 2.76. The van der Waals surface area contributed by atoms with E-state index in [4.69, 9.17) is 4.74 Å². The highest BCUT2D eigenvalue weighted by Gasteiger charge is 2.27. The Labute approximate surface area is 187 Å². The van der Waals surface area contributed by atoms with Crippen LogP contribution in [0.3, 0.4) is 0 Å². The number of nitrogens with zero attached hydrogens (tertiary/aromatic N) is 2. The lowest BCUT2D eigenvalue weighted by Gasteiger charge is -2.27. The second kappa shape index (κ2) is 11.6. The summed E-state index contributed by atoms with van der Waals surface area (Å²) in [6.45, 7) is 0.322. The predicted molar refractivity (Wildman–Crippen MR) is 120 cm³/mol. The van der Waals surface area contributed by atoms with E-state index in [1.807, 2.05) is 0 Å². The molecule has 0 bridgehead atoms. The molecule has 174 valence electrons. The Morgan fingerprint density at radius 2 is 1.72 bits per heavy atom. The molecule has 0 saturated carbocycles. The van der Waals surface area contributed by atoms with Crippen molar-refractivity contribution in [3.8, 4) is 0 Å². The van der Waals surface area contributed by atoms with Crippen molar-refractivity contribution in [3.05, 3.63) is 59.9 Å². The Hall–Kier alpha value is -3.02. The van der Waals surface area contributed by atoms with Crippen LogP contribution < -0.4 is 14.9 Å². The van der Waals surface area contributed by atoms with Gasteiger partial charge in [-0.1, -0.05) is 12.1 Å². The number of nitrogens with one attached hydrogen (secondary N) is 2. The molecule has 2 aromatic rings. The zero-order chi connectivity index (χ0) is 23.7. The molecule has 0 aliphatic heterocycles. The first-order valence-electron chi connectivity index (χ1n) is 9.78. The lowest BCUT2D eigenvalue weighted by molar-refractivity contribution is -0.114. The number of halogens is 1. The average molecular weight is 467 g/mol. The summed E-state index contributed by atoms with van der Waals surface area (Å²) in [6, 6.07) is 11.1. The molecular formula is C21H27FN4O5S. The van der Waals surface area contributed by atoms with Crippen molar-refractivity contribution in [1.29, 1.82) is 0 Å². The molecule has 0 spiro atoms. The summed E-state index contributed by atoms with van der Waals surface area (Å²) in [5.41, 5.74) is 0.601. The molecule has 2 rings (SSSR count). The van der Waals surface area contributed by atoms with E-state index in [9.17, 15) is 22.4 Å². The topological polar surface area (TPSA) is 108 Å². The van der Waals surface area contributed by atoms with Gasteiger partial charge in [-0.15, -0.1) is 0 Å². The van der Waals surface area contributed by atoms with Crippen LogP contribution in [0.15, 0.2) is 48.5 Å². The summed E-state index contributed by atoms with van der Waals surface area (Å²) in [4.78, 5) is 25.2. The van der Waals surface area contributed by atoms with Crippen molar-refractivity contribution in [2.75, 3.05) is 50.5 Å². The highest BCUT2D eigenvalue weighted by molar-refractivity contribution is 7.90. The Bertz CT molecular complexity index is 1030. The van der Waals surface area contributed by atoms with Gasteiger partial charge >= 0.3 is 10.2 Å². The van der Waals surface area contributed by atoms with Gasteiger partial charge < -0.3 is 15.4 Å². The first-order valence-corrected chi connectivity index (χ1v) is 11.2. The number of carbonyl (C=O) groups excluding carboxylic acids is 2. The summed E-state index contributed by atoms with van der Waals surface area (Å²) in [5, 5.41) is 5.33. The molecule has 0 aromatic heterocycles. The molecule has 11 heteroatoms. The van der Waals surface area contributed by atoms with Crippen LogP contribution in [-0.2, 0) is 19.7 Å². The van der Waals surface area contributed by atoms with Crippen molar-refractivity contribution in [3.63, 3.8) is 0 Å². The summed E-state index contributed by atoms with van der Waals surface area (Å²) in [5.74, 6) is -1.58. The van der Waals surface area contributed by atoms with Crippen LogP contribution >= 0.6 is 0 Å². The van der Waals surface area contributed by atoms with Crippen LogP contribution in [0.1, 0.15) is 16.8 Å². The molecule has 2 amide bonds. The Kier molecular flexibility index (Phi) is 9.12. The number of hydrogen-bond donors (Lipinski definition) is 2. The van der Waals surface area contributed by atoms with Gasteiger partial charge in [-0.2, -0.15) is 12.7 Å². The van der Waals surface area contributed by atoms with E-state index >= 15 is 0 Å². The Morgan fingerprint density at radius 1 is 1.06 bits per heavy atom. The van der Waals surface area contributed by atoms with Gasteiger partial charge in [-0.05, 0) is 42.8 Å². The zero-order valence-electron chi connectivity index (χ0n) is 18.2. The minimum atomic E-state index is -4.04. The van der Waals surface area contributed by atoms with Gasteiger partial charge in [-0.25, -0.2) is 8.70 Å². The molecule has 32 heavy (non-hydrogen) atoms. The van der Waals surface area contributed by atoms with Gasteiger partial charge in [0.05, 0.1) is 16.9 Å². The smallest absolute Gasteiger partial charge is 0.304 e. The number of methoxy groups -OCH3 is 1. The third-order valence-corrected chi connectivity index (χ3v) is 6.22. The SMILES string of the molecule is COCCCNC(=O)c1ccccc1NC(=O)CN(c1ccc(F)cc1)S(=O)(=O)N(C)C. The van der Waals surface area contributed by atoms with Crippen LogP contribution in [-0.4, -0.2) is 65.4 Å². The molecule has 0 fully saturated rings. The van der Waals surface area contributed by atoms with Crippen molar-refractivity contribution in [2.24, 2.45) is 0 Å². The molecule has 0 unspecified atom stereocenters. The van der Waals surface area contributed by atoms with Crippen LogP contribution in [0.5, 0.6) is 0 Å². The van der Waals surface area contributed by atoms with E-state index in [0.717, 1.165) is 20.7 Å². The molecule has 0 aliphatic carbocycles. The molecule has 0 aliphatic rings. The van der Waals surface area contributed by atoms with Gasteiger partial charge in [0.15, 0.2) is 0 Å². The minimum Gasteiger partial charge on any atom is -0.385 e. The number of benzene rings is 2. The summed E-state index contributed by atoms with van der Waals surface area (Å²) >= 11 is 0. The van der Waals surface area contributed by atoms with Crippen molar-refractivity contribution in [2.45, 2.75) is 6.42 Å². The van der Waals surface area contributed by atoms with Crippen molar-refractivity contribution >= 4 is 33.4 Å². The fraction of sp³-hybridized carbons (Fsp3) is 0.333. The van der Waals surface area contributed by atoms with Crippen molar-refractivity contribution < 1.29 is 27.1 Å². The van der Waals surface area contributed by atoms with E-state index in [1.165, 1.54) is 26.2 Å². The van der Waals surface area contributed by atoms with Crippen LogP contribution in [0.4, 0.5) is 15.8 Å². The quantitative estimate of drug-likeness (QED) is 0.492. The molecular weight excluding hydrogens is 439 g/mol. The number of para-hydroxylation sites is 1. The maximum atomic E-state index is 13.3. The summed E-state index contributed by atoms with van der Waals surface area (Å²) in [6.07, 6.45) is 0.631. The van der Waals surface area contributed by atoms with Crippen LogP contribution in [0, 0.1) is 5.82 Å². The van der Waals surface area contributed by atoms with Gasteiger partial charge in [0.25, 0.3) is 5.91 Å². The molecule has 2 N–H and O–H groups in total. The molecule has 0 heterocycles. The number of rotatable bonds is 11. The molecule has 0 atom stereocenters. The summed E-state index contributed by atoms with van der Waals surface area (Å²) < 4.78 is 45.6. The Morgan fingerprint density at radius 3 is 2.34 bits per heavy atom.